The van der Waals surface area contributed by atoms with Gasteiger partial charge >= 0.3 is 12.1 Å². The van der Waals surface area contributed by atoms with E-state index >= 15 is 0 Å². The fourth-order valence-corrected chi connectivity index (χ4v) is 2.01. The normalized spacial score (nSPS) is 25.8. The van der Waals surface area contributed by atoms with E-state index in [9.17, 15) is 18.4 Å². The zero-order valence-electron chi connectivity index (χ0n) is 11.5. The van der Waals surface area contributed by atoms with E-state index in [4.69, 9.17) is 4.74 Å². The van der Waals surface area contributed by atoms with Gasteiger partial charge in [0.05, 0.1) is 13.0 Å². The van der Waals surface area contributed by atoms with E-state index in [2.05, 4.69) is 10.1 Å². The Labute approximate surface area is 110 Å². The number of carbonyl (C=O) groups excluding carboxylic acids is 2. The summed E-state index contributed by atoms with van der Waals surface area (Å²) in [5.41, 5.74) is -0.793. The molecule has 1 rings (SSSR count). The number of amides is 1. The number of alkyl carbamates (subject to hydrolysis) is 1. The van der Waals surface area contributed by atoms with Gasteiger partial charge in [0, 0.05) is 6.42 Å². The molecular formula is C12H19F2NO4. The Bertz CT molecular complexity index is 365. The number of rotatable bonds is 2. The van der Waals surface area contributed by atoms with Gasteiger partial charge in [-0.25, -0.2) is 13.6 Å². The molecule has 1 N–H and O–H groups in total. The van der Waals surface area contributed by atoms with Crippen LogP contribution < -0.4 is 5.32 Å². The molecule has 0 aromatic carbocycles. The second-order valence-electron chi connectivity index (χ2n) is 5.55. The van der Waals surface area contributed by atoms with E-state index in [0.717, 1.165) is 7.11 Å². The summed E-state index contributed by atoms with van der Waals surface area (Å²) in [6.45, 7) is 4.87. The van der Waals surface area contributed by atoms with Crippen molar-refractivity contribution < 1.29 is 27.8 Å². The molecule has 1 aliphatic rings. The van der Waals surface area contributed by atoms with Crippen LogP contribution in [0, 0.1) is 5.92 Å². The van der Waals surface area contributed by atoms with Gasteiger partial charge in [0.2, 0.25) is 0 Å². The molecule has 0 radical (unpaired) electrons. The third-order valence-electron chi connectivity index (χ3n) is 2.82. The zero-order valence-corrected chi connectivity index (χ0v) is 11.5. The lowest BCUT2D eigenvalue weighted by Crippen LogP contribution is -2.50. The van der Waals surface area contributed by atoms with Gasteiger partial charge in [-0.1, -0.05) is 0 Å². The molecule has 5 nitrogen and oxygen atoms in total. The number of methoxy groups -OCH3 is 1. The Balaban J connectivity index is 2.76. The summed E-state index contributed by atoms with van der Waals surface area (Å²) >= 11 is 0. The average Bonchev–Trinajstić information content (AvgIpc) is 2.51. The maximum absolute atomic E-state index is 13.7. The highest BCUT2D eigenvalue weighted by atomic mass is 19.3. The lowest BCUT2D eigenvalue weighted by Gasteiger charge is -2.26. The quantitative estimate of drug-likeness (QED) is 0.786. The number of carbonyl (C=O) groups is 2. The smallest absolute Gasteiger partial charge is 0.408 e. The first-order chi connectivity index (χ1) is 8.57. The number of hydrogen-bond acceptors (Lipinski definition) is 4. The summed E-state index contributed by atoms with van der Waals surface area (Å²) in [5.74, 6) is -4.94. The number of hydrogen-bond donors (Lipinski definition) is 1. The van der Waals surface area contributed by atoms with Crippen LogP contribution in [0.25, 0.3) is 0 Å². The SMILES string of the molecule is COC(=O)[C@H]1CCC(F)(F)[C@H]1NC(=O)OC(C)(C)C. The van der Waals surface area contributed by atoms with Crippen molar-refractivity contribution in [2.24, 2.45) is 5.92 Å². The molecule has 0 aliphatic heterocycles. The van der Waals surface area contributed by atoms with Gasteiger partial charge < -0.3 is 14.8 Å². The molecule has 1 saturated carbocycles. The van der Waals surface area contributed by atoms with Crippen molar-refractivity contribution in [1.82, 2.24) is 5.32 Å². The molecule has 7 heteroatoms. The molecule has 0 bridgehead atoms. The molecule has 19 heavy (non-hydrogen) atoms. The van der Waals surface area contributed by atoms with Crippen LogP contribution in [-0.4, -0.2) is 36.7 Å². The largest absolute Gasteiger partial charge is 0.469 e. The van der Waals surface area contributed by atoms with E-state index in [0.29, 0.717) is 0 Å². The van der Waals surface area contributed by atoms with E-state index in [1.165, 1.54) is 0 Å². The van der Waals surface area contributed by atoms with E-state index in [1.807, 2.05) is 0 Å². The molecular weight excluding hydrogens is 260 g/mol. The first kappa shape index (κ1) is 15.7. The van der Waals surface area contributed by atoms with Gasteiger partial charge in [0.1, 0.15) is 11.6 Å². The fourth-order valence-electron chi connectivity index (χ4n) is 2.01. The highest BCUT2D eigenvalue weighted by molar-refractivity contribution is 5.76. The summed E-state index contributed by atoms with van der Waals surface area (Å²) in [7, 11) is 1.13. The molecule has 0 saturated heterocycles. The first-order valence-electron chi connectivity index (χ1n) is 6.02. The number of esters is 1. The molecule has 0 aromatic heterocycles. The third-order valence-corrected chi connectivity index (χ3v) is 2.82. The predicted octanol–water partition coefficient (Wildman–Crippen LogP) is 2.10. The first-order valence-corrected chi connectivity index (χ1v) is 6.02. The van der Waals surface area contributed by atoms with Gasteiger partial charge in [-0.15, -0.1) is 0 Å². The highest BCUT2D eigenvalue weighted by Crippen LogP contribution is 2.40. The maximum atomic E-state index is 13.7. The van der Waals surface area contributed by atoms with Crippen molar-refractivity contribution in [3.8, 4) is 0 Å². The maximum Gasteiger partial charge on any atom is 0.408 e. The van der Waals surface area contributed by atoms with Crippen LogP contribution in [0.3, 0.4) is 0 Å². The number of nitrogens with one attached hydrogen (secondary N) is 1. The third kappa shape index (κ3) is 4.04. The standard InChI is InChI=1S/C12H19F2NO4/c1-11(2,3)19-10(17)15-8-7(9(16)18-4)5-6-12(8,13)14/h7-8H,5-6H2,1-4H3,(H,15,17)/t7-,8-/m0/s1. The van der Waals surface area contributed by atoms with Crippen LogP contribution >= 0.6 is 0 Å². The summed E-state index contributed by atoms with van der Waals surface area (Å²) in [4.78, 5) is 23.0. The van der Waals surface area contributed by atoms with Crippen molar-refractivity contribution >= 4 is 12.1 Å². The molecule has 110 valence electrons. The molecule has 1 fully saturated rings. The Morgan fingerprint density at radius 2 is 1.89 bits per heavy atom. The van der Waals surface area contributed by atoms with Crippen LogP contribution in [0.4, 0.5) is 13.6 Å². The minimum atomic E-state index is -3.14. The van der Waals surface area contributed by atoms with Crippen molar-refractivity contribution in [2.75, 3.05) is 7.11 Å². The molecule has 0 heterocycles. The Kier molecular flexibility index (Phi) is 4.37. The van der Waals surface area contributed by atoms with E-state index in [-0.39, 0.29) is 6.42 Å². The van der Waals surface area contributed by atoms with Gasteiger partial charge in [0.25, 0.3) is 5.92 Å². The molecule has 1 aliphatic carbocycles. The topological polar surface area (TPSA) is 64.6 Å². The van der Waals surface area contributed by atoms with Crippen molar-refractivity contribution in [3.05, 3.63) is 0 Å². The van der Waals surface area contributed by atoms with Crippen molar-refractivity contribution in [1.29, 1.82) is 0 Å². The van der Waals surface area contributed by atoms with E-state index in [1.54, 1.807) is 20.8 Å². The van der Waals surface area contributed by atoms with Crippen molar-refractivity contribution in [2.45, 2.75) is 51.2 Å². The van der Waals surface area contributed by atoms with Gasteiger partial charge in [-0.3, -0.25) is 4.79 Å². The Hall–Kier alpha value is -1.40. The second-order valence-corrected chi connectivity index (χ2v) is 5.55. The Morgan fingerprint density at radius 1 is 1.32 bits per heavy atom. The molecule has 0 aromatic rings. The lowest BCUT2D eigenvalue weighted by atomic mass is 10.0. The zero-order chi connectivity index (χ0) is 14.8. The number of halogens is 2. The van der Waals surface area contributed by atoms with Crippen LogP contribution in [0.5, 0.6) is 0 Å². The summed E-state index contributed by atoms with van der Waals surface area (Å²) in [5, 5.41) is 2.08. The minimum absolute atomic E-state index is 0.0276. The number of ether oxygens (including phenoxy) is 2. The van der Waals surface area contributed by atoms with Gasteiger partial charge in [-0.2, -0.15) is 0 Å². The molecule has 2 atom stereocenters. The molecule has 1 amide bonds. The Morgan fingerprint density at radius 3 is 2.37 bits per heavy atom. The molecule has 0 unspecified atom stereocenters. The lowest BCUT2D eigenvalue weighted by molar-refractivity contribution is -0.147. The van der Waals surface area contributed by atoms with Gasteiger partial charge in [0.15, 0.2) is 0 Å². The molecule has 0 spiro atoms. The summed E-state index contributed by atoms with van der Waals surface area (Å²) < 4.78 is 36.7. The van der Waals surface area contributed by atoms with Crippen LogP contribution in [0.15, 0.2) is 0 Å². The summed E-state index contributed by atoms with van der Waals surface area (Å²) in [6.07, 6.45) is -1.46. The summed E-state index contributed by atoms with van der Waals surface area (Å²) in [6, 6.07) is -1.59. The van der Waals surface area contributed by atoms with Crippen molar-refractivity contribution in [3.63, 3.8) is 0 Å². The average molecular weight is 279 g/mol. The highest BCUT2D eigenvalue weighted by Gasteiger charge is 2.54. The predicted molar refractivity (Wildman–Crippen MR) is 62.8 cm³/mol. The monoisotopic (exact) mass is 279 g/mol. The van der Waals surface area contributed by atoms with Crippen LogP contribution in [0.1, 0.15) is 33.6 Å². The minimum Gasteiger partial charge on any atom is -0.469 e. The fraction of sp³-hybridized carbons (Fsp3) is 0.833. The van der Waals surface area contributed by atoms with Gasteiger partial charge in [-0.05, 0) is 27.2 Å². The number of alkyl halides is 2. The second kappa shape index (κ2) is 5.30. The van der Waals surface area contributed by atoms with E-state index < -0.39 is 42.0 Å². The van der Waals surface area contributed by atoms with Crippen LogP contribution in [0.2, 0.25) is 0 Å². The van der Waals surface area contributed by atoms with Crippen LogP contribution in [-0.2, 0) is 14.3 Å².